The number of carbonyl (C=O) groups excluding carboxylic acids is 1. The van der Waals surface area contributed by atoms with Crippen LogP contribution < -0.4 is 10.2 Å². The van der Waals surface area contributed by atoms with Crippen LogP contribution in [-0.4, -0.2) is 24.3 Å². The van der Waals surface area contributed by atoms with Gasteiger partial charge in [0.2, 0.25) is 5.91 Å². The second kappa shape index (κ2) is 8.63. The fourth-order valence-corrected chi connectivity index (χ4v) is 2.24. The van der Waals surface area contributed by atoms with Gasteiger partial charge in [-0.15, -0.1) is 6.58 Å². The van der Waals surface area contributed by atoms with E-state index in [1.54, 1.807) is 30.3 Å². The lowest BCUT2D eigenvalue weighted by Crippen LogP contribution is -2.19. The van der Waals surface area contributed by atoms with Crippen molar-refractivity contribution in [1.82, 2.24) is 5.43 Å². The summed E-state index contributed by atoms with van der Waals surface area (Å²) in [6, 6.07) is 9.04. The number of carbonyl (C=O) groups is 1. The first-order valence-corrected chi connectivity index (χ1v) is 7.60. The monoisotopic (exact) mass is 342 g/mol. The van der Waals surface area contributed by atoms with Crippen molar-refractivity contribution in [2.24, 2.45) is 5.10 Å². The van der Waals surface area contributed by atoms with Gasteiger partial charge in [0.15, 0.2) is 11.5 Å². The zero-order valence-electron chi connectivity index (χ0n) is 13.8. The molecule has 2 N–H and O–H groups in total. The van der Waals surface area contributed by atoms with Gasteiger partial charge in [0.1, 0.15) is 5.82 Å². The van der Waals surface area contributed by atoms with Crippen LogP contribution in [0, 0.1) is 5.82 Å². The second-order valence-corrected chi connectivity index (χ2v) is 5.32. The summed E-state index contributed by atoms with van der Waals surface area (Å²) in [5.41, 5.74) is 4.41. The van der Waals surface area contributed by atoms with E-state index in [-0.39, 0.29) is 23.9 Å². The molecule has 2 aromatic rings. The predicted octanol–water partition coefficient (Wildman–Crippen LogP) is 2.96. The van der Waals surface area contributed by atoms with Crippen molar-refractivity contribution in [2.45, 2.75) is 12.8 Å². The van der Waals surface area contributed by atoms with Gasteiger partial charge in [0, 0.05) is 5.56 Å². The summed E-state index contributed by atoms with van der Waals surface area (Å²) in [6.45, 7) is 3.65. The molecule has 25 heavy (non-hydrogen) atoms. The summed E-state index contributed by atoms with van der Waals surface area (Å²) in [6.07, 6.45) is 3.69. The summed E-state index contributed by atoms with van der Waals surface area (Å²) in [5.74, 6) is -0.294. The van der Waals surface area contributed by atoms with E-state index < -0.39 is 0 Å². The van der Waals surface area contributed by atoms with Crippen molar-refractivity contribution < 1.29 is 19.0 Å². The van der Waals surface area contributed by atoms with Crippen LogP contribution in [0.3, 0.4) is 0 Å². The number of rotatable bonds is 7. The highest BCUT2D eigenvalue weighted by Crippen LogP contribution is 2.31. The summed E-state index contributed by atoms with van der Waals surface area (Å²) >= 11 is 0. The van der Waals surface area contributed by atoms with Crippen LogP contribution in [0.25, 0.3) is 0 Å². The van der Waals surface area contributed by atoms with Crippen LogP contribution in [0.4, 0.5) is 4.39 Å². The van der Waals surface area contributed by atoms with E-state index in [0.717, 1.165) is 0 Å². The van der Waals surface area contributed by atoms with Crippen LogP contribution in [-0.2, 0) is 17.6 Å². The van der Waals surface area contributed by atoms with Crippen molar-refractivity contribution in [1.29, 1.82) is 0 Å². The molecule has 0 bridgehead atoms. The van der Waals surface area contributed by atoms with Crippen LogP contribution in [0.2, 0.25) is 0 Å². The van der Waals surface area contributed by atoms with Gasteiger partial charge in [-0.2, -0.15) is 5.10 Å². The number of phenols is 1. The molecule has 0 saturated heterocycles. The summed E-state index contributed by atoms with van der Waals surface area (Å²) < 4.78 is 18.0. The van der Waals surface area contributed by atoms with Crippen molar-refractivity contribution in [3.05, 3.63) is 71.6 Å². The van der Waals surface area contributed by atoms with Crippen LogP contribution in [0.1, 0.15) is 16.7 Å². The van der Waals surface area contributed by atoms with Gasteiger partial charge in [0.25, 0.3) is 0 Å². The van der Waals surface area contributed by atoms with E-state index in [4.69, 9.17) is 4.74 Å². The second-order valence-electron chi connectivity index (χ2n) is 5.32. The highest BCUT2D eigenvalue weighted by Gasteiger charge is 2.09. The Labute approximate surface area is 145 Å². The number of aromatic hydroxyl groups is 1. The maximum Gasteiger partial charge on any atom is 0.244 e. The van der Waals surface area contributed by atoms with E-state index in [0.29, 0.717) is 28.9 Å². The number of methoxy groups -OCH3 is 1. The number of nitrogens with zero attached hydrogens (tertiary/aromatic N) is 1. The average molecular weight is 342 g/mol. The smallest absolute Gasteiger partial charge is 0.244 e. The van der Waals surface area contributed by atoms with Crippen LogP contribution >= 0.6 is 0 Å². The van der Waals surface area contributed by atoms with Crippen molar-refractivity contribution in [2.75, 3.05) is 7.11 Å². The molecule has 0 aliphatic carbocycles. The first-order valence-electron chi connectivity index (χ1n) is 7.60. The van der Waals surface area contributed by atoms with E-state index >= 15 is 0 Å². The number of amides is 1. The number of nitrogens with one attached hydrogen (secondary N) is 1. The molecule has 1 amide bonds. The van der Waals surface area contributed by atoms with Gasteiger partial charge in [-0.1, -0.05) is 18.2 Å². The highest BCUT2D eigenvalue weighted by atomic mass is 19.1. The Bertz CT molecular complexity index is 786. The number of ether oxygens (including phenoxy) is 1. The predicted molar refractivity (Wildman–Crippen MR) is 94.4 cm³/mol. The molecule has 0 unspecified atom stereocenters. The SMILES string of the molecule is C=CCc1cc(/C=N/NC(=O)Cc2ccc(F)cc2)cc(OC)c1O. The Morgan fingerprint density at radius 3 is 2.72 bits per heavy atom. The molecule has 0 spiro atoms. The first-order chi connectivity index (χ1) is 12.0. The largest absolute Gasteiger partial charge is 0.504 e. The molecule has 0 saturated carbocycles. The van der Waals surface area contributed by atoms with Gasteiger partial charge in [-0.3, -0.25) is 4.79 Å². The Balaban J connectivity index is 2.03. The molecular weight excluding hydrogens is 323 g/mol. The fourth-order valence-electron chi connectivity index (χ4n) is 2.24. The van der Waals surface area contributed by atoms with Gasteiger partial charge in [-0.05, 0) is 41.8 Å². The average Bonchev–Trinajstić information content (AvgIpc) is 2.59. The van der Waals surface area contributed by atoms with Crippen molar-refractivity contribution in [3.63, 3.8) is 0 Å². The van der Waals surface area contributed by atoms with Gasteiger partial charge >= 0.3 is 0 Å². The summed E-state index contributed by atoms with van der Waals surface area (Å²) in [7, 11) is 1.46. The fraction of sp³-hybridized carbons (Fsp3) is 0.158. The number of hydrogen-bond donors (Lipinski definition) is 2. The molecule has 0 atom stereocenters. The molecule has 0 heterocycles. The van der Waals surface area contributed by atoms with Crippen molar-refractivity contribution >= 4 is 12.1 Å². The van der Waals surface area contributed by atoms with Crippen LogP contribution in [0.5, 0.6) is 11.5 Å². The zero-order valence-corrected chi connectivity index (χ0v) is 13.8. The van der Waals surface area contributed by atoms with E-state index in [1.165, 1.54) is 25.5 Å². The lowest BCUT2D eigenvalue weighted by molar-refractivity contribution is -0.120. The van der Waals surface area contributed by atoms with Gasteiger partial charge in [-0.25, -0.2) is 9.82 Å². The van der Waals surface area contributed by atoms with Gasteiger partial charge < -0.3 is 9.84 Å². The number of halogens is 1. The number of hydrazone groups is 1. The minimum absolute atomic E-state index is 0.0555. The molecule has 2 rings (SSSR count). The molecule has 0 aromatic heterocycles. The third-order valence-electron chi connectivity index (χ3n) is 3.44. The molecular formula is C19H19FN2O3. The number of hydrogen-bond acceptors (Lipinski definition) is 4. The lowest BCUT2D eigenvalue weighted by atomic mass is 10.1. The molecule has 0 fully saturated rings. The minimum Gasteiger partial charge on any atom is -0.504 e. The maximum atomic E-state index is 12.8. The highest BCUT2D eigenvalue weighted by molar-refractivity contribution is 5.84. The Hall–Kier alpha value is -3.15. The normalized spacial score (nSPS) is 10.6. The summed E-state index contributed by atoms with van der Waals surface area (Å²) in [4.78, 5) is 11.8. The number of allylic oxidation sites excluding steroid dienone is 1. The van der Waals surface area contributed by atoms with E-state index in [9.17, 15) is 14.3 Å². The maximum absolute atomic E-state index is 12.8. The Kier molecular flexibility index (Phi) is 6.28. The Morgan fingerprint density at radius 2 is 2.08 bits per heavy atom. The molecule has 5 nitrogen and oxygen atoms in total. The third kappa shape index (κ3) is 5.17. The summed E-state index contributed by atoms with van der Waals surface area (Å²) in [5, 5.41) is 13.9. The van der Waals surface area contributed by atoms with E-state index in [1.807, 2.05) is 0 Å². The van der Waals surface area contributed by atoms with Gasteiger partial charge in [0.05, 0.1) is 19.7 Å². The molecule has 2 aromatic carbocycles. The first kappa shape index (κ1) is 18.2. The quantitative estimate of drug-likeness (QED) is 0.462. The van der Waals surface area contributed by atoms with Crippen LogP contribution in [0.15, 0.2) is 54.2 Å². The molecule has 130 valence electrons. The van der Waals surface area contributed by atoms with E-state index in [2.05, 4.69) is 17.1 Å². The molecule has 0 aliphatic rings. The molecule has 0 radical (unpaired) electrons. The minimum atomic E-state index is -0.348. The lowest BCUT2D eigenvalue weighted by Gasteiger charge is -2.09. The Morgan fingerprint density at radius 1 is 1.36 bits per heavy atom. The standard InChI is InChI=1S/C19H19FN2O3/c1-3-4-15-9-14(10-17(25-2)19(15)24)12-21-22-18(23)11-13-5-7-16(20)8-6-13/h3,5-10,12,24H,1,4,11H2,2H3,(H,22,23)/b21-12+. The topological polar surface area (TPSA) is 70.9 Å². The number of benzene rings is 2. The molecule has 6 heteroatoms. The number of phenolic OH excluding ortho intramolecular Hbond substituents is 1. The van der Waals surface area contributed by atoms with Crippen molar-refractivity contribution in [3.8, 4) is 11.5 Å². The zero-order chi connectivity index (χ0) is 18.2. The molecule has 0 aliphatic heterocycles. The third-order valence-corrected chi connectivity index (χ3v) is 3.44.